The molecule has 0 spiro atoms. The molecule has 1 aliphatic rings. The van der Waals surface area contributed by atoms with Crippen molar-refractivity contribution in [3.63, 3.8) is 0 Å². The van der Waals surface area contributed by atoms with Gasteiger partial charge < -0.3 is 10.1 Å². The van der Waals surface area contributed by atoms with Crippen LogP contribution < -0.4 is 15.0 Å². The Morgan fingerprint density at radius 1 is 1.25 bits per heavy atom. The molecule has 0 atom stereocenters. The number of halogens is 2. The first-order chi connectivity index (χ1) is 16.6. The van der Waals surface area contributed by atoms with Gasteiger partial charge in [0.2, 0.25) is 0 Å². The quantitative estimate of drug-likeness (QED) is 0.658. The Morgan fingerprint density at radius 2 is 2.09 bits per heavy atom. The zero-order valence-electron chi connectivity index (χ0n) is 20.0. The summed E-state index contributed by atoms with van der Waals surface area (Å²) < 4.78 is 55.3. The second-order valence-electron chi connectivity index (χ2n) is 7.19. The Hall–Kier alpha value is -3.88. The minimum atomic E-state index is -2.73. The molecular formula is C23H20F2N4O3. The predicted molar refractivity (Wildman–Crippen MR) is 113 cm³/mol. The van der Waals surface area contributed by atoms with E-state index in [1.807, 2.05) is 0 Å². The summed E-state index contributed by atoms with van der Waals surface area (Å²) in [4.78, 5) is 33.9. The zero-order chi connectivity index (χ0) is 25.3. The van der Waals surface area contributed by atoms with Gasteiger partial charge in [-0.25, -0.2) is 13.8 Å². The van der Waals surface area contributed by atoms with Crippen molar-refractivity contribution >= 4 is 17.6 Å². The Labute approximate surface area is 187 Å². The molecule has 1 aliphatic heterocycles. The minimum Gasteiger partial charge on any atom is -0.496 e. The number of ether oxygens (including phenoxy) is 1. The average Bonchev–Trinajstić information content (AvgIpc) is 2.80. The van der Waals surface area contributed by atoms with E-state index in [0.29, 0.717) is 22.8 Å². The van der Waals surface area contributed by atoms with Crippen LogP contribution in [0.4, 0.5) is 14.6 Å². The van der Waals surface area contributed by atoms with E-state index in [4.69, 9.17) is 8.85 Å². The molecule has 0 fully saturated rings. The summed E-state index contributed by atoms with van der Waals surface area (Å²) in [5, 5.41) is 2.47. The molecule has 1 N–H and O–H groups in total. The molecule has 0 bridgehead atoms. The van der Waals surface area contributed by atoms with E-state index in [9.17, 15) is 18.4 Å². The second kappa shape index (κ2) is 8.70. The maximum absolute atomic E-state index is 14.3. The standard InChI is InChI=1S/C23H20F2N4O3/c1-26-22(30)19-4-3-13(11-27-19)7-15-8-17-14(9-20(15)32-2)5-6-29(23(17)31)21-18(25)10-16(24)12-28-21/h3-4,8-12H,5-7H2,1-2H3,(H,26,30)/i2D3. The number of carbonyl (C=O) groups excluding carboxylic acids is 2. The molecule has 0 aliphatic carbocycles. The molecule has 0 saturated carbocycles. The maximum atomic E-state index is 14.3. The van der Waals surface area contributed by atoms with Crippen LogP contribution in [0.5, 0.6) is 5.75 Å². The number of carbonyl (C=O) groups is 2. The van der Waals surface area contributed by atoms with Crippen molar-refractivity contribution in [1.82, 2.24) is 15.3 Å². The summed E-state index contributed by atoms with van der Waals surface area (Å²) >= 11 is 0. The van der Waals surface area contributed by atoms with E-state index in [-0.39, 0.29) is 48.1 Å². The zero-order valence-corrected chi connectivity index (χ0v) is 17.0. The summed E-state index contributed by atoms with van der Waals surface area (Å²) in [6.45, 7) is 0.0683. The molecule has 2 aromatic heterocycles. The number of nitrogens with one attached hydrogen (secondary N) is 1. The molecule has 3 aromatic rings. The van der Waals surface area contributed by atoms with Crippen LogP contribution in [0.15, 0.2) is 42.7 Å². The molecule has 1 aromatic carbocycles. The Morgan fingerprint density at radius 3 is 2.78 bits per heavy atom. The van der Waals surface area contributed by atoms with Crippen LogP contribution in [0.3, 0.4) is 0 Å². The van der Waals surface area contributed by atoms with Crippen molar-refractivity contribution in [1.29, 1.82) is 0 Å². The number of hydrogen-bond donors (Lipinski definition) is 1. The number of pyridine rings is 2. The number of hydrogen-bond acceptors (Lipinski definition) is 5. The predicted octanol–water partition coefficient (Wildman–Crippen LogP) is 2.92. The van der Waals surface area contributed by atoms with Gasteiger partial charge in [-0.2, -0.15) is 0 Å². The highest BCUT2D eigenvalue weighted by molar-refractivity contribution is 6.08. The van der Waals surface area contributed by atoms with E-state index >= 15 is 0 Å². The van der Waals surface area contributed by atoms with Crippen LogP contribution in [0.1, 0.15) is 41.6 Å². The number of methoxy groups -OCH3 is 1. The average molecular weight is 441 g/mol. The molecule has 32 heavy (non-hydrogen) atoms. The monoisotopic (exact) mass is 441 g/mol. The van der Waals surface area contributed by atoms with Gasteiger partial charge in [0.15, 0.2) is 11.6 Å². The summed E-state index contributed by atoms with van der Waals surface area (Å²) in [6.07, 6.45) is 2.72. The van der Waals surface area contributed by atoms with Gasteiger partial charge >= 0.3 is 0 Å². The van der Waals surface area contributed by atoms with Crippen LogP contribution in [0.25, 0.3) is 0 Å². The Balaban J connectivity index is 1.71. The van der Waals surface area contributed by atoms with Crippen LogP contribution >= 0.6 is 0 Å². The van der Waals surface area contributed by atoms with E-state index in [2.05, 4.69) is 15.3 Å². The number of rotatable bonds is 5. The lowest BCUT2D eigenvalue weighted by molar-refractivity contribution is 0.0955. The van der Waals surface area contributed by atoms with E-state index in [1.165, 1.54) is 31.4 Å². The molecule has 0 radical (unpaired) electrons. The lowest BCUT2D eigenvalue weighted by atomic mass is 9.93. The molecule has 3 heterocycles. The second-order valence-corrected chi connectivity index (χ2v) is 7.19. The highest BCUT2D eigenvalue weighted by atomic mass is 19.1. The topological polar surface area (TPSA) is 84.4 Å². The summed E-state index contributed by atoms with van der Waals surface area (Å²) in [7, 11) is -1.24. The summed E-state index contributed by atoms with van der Waals surface area (Å²) in [5.41, 5.74) is 1.99. The Kier molecular flexibility index (Phi) is 4.83. The van der Waals surface area contributed by atoms with Crippen LogP contribution in [0.2, 0.25) is 0 Å². The van der Waals surface area contributed by atoms with E-state index in [1.54, 1.807) is 6.07 Å². The van der Waals surface area contributed by atoms with Crippen molar-refractivity contribution in [3.8, 4) is 5.75 Å². The number of aromatic nitrogens is 2. The van der Waals surface area contributed by atoms with Gasteiger partial charge in [0.1, 0.15) is 17.3 Å². The fourth-order valence-electron chi connectivity index (χ4n) is 3.60. The third-order valence-electron chi connectivity index (χ3n) is 5.20. The van der Waals surface area contributed by atoms with Crippen molar-refractivity contribution in [2.45, 2.75) is 12.8 Å². The van der Waals surface area contributed by atoms with Gasteiger partial charge in [0.05, 0.1) is 17.3 Å². The molecule has 9 heteroatoms. The Bertz CT molecular complexity index is 1300. The molecule has 0 saturated heterocycles. The van der Waals surface area contributed by atoms with Crippen molar-refractivity contribution in [2.75, 3.05) is 25.5 Å². The van der Waals surface area contributed by atoms with Gasteiger partial charge in [-0.05, 0) is 41.3 Å². The van der Waals surface area contributed by atoms with E-state index < -0.39 is 24.6 Å². The van der Waals surface area contributed by atoms with E-state index in [0.717, 1.165) is 11.1 Å². The van der Waals surface area contributed by atoms with Crippen LogP contribution in [-0.4, -0.2) is 42.4 Å². The van der Waals surface area contributed by atoms with Gasteiger partial charge in [-0.1, -0.05) is 6.07 Å². The minimum absolute atomic E-state index is 0.0683. The lowest BCUT2D eigenvalue weighted by Gasteiger charge is -2.29. The summed E-state index contributed by atoms with van der Waals surface area (Å²) in [6, 6.07) is 6.82. The first kappa shape index (κ1) is 17.8. The molecule has 4 rings (SSSR count). The first-order valence-corrected chi connectivity index (χ1v) is 9.70. The SMILES string of the molecule is [2H]C([2H])([2H])Oc1cc2c(cc1Cc1ccc(C(=O)NC)nc1)C(=O)N(c1ncc(F)cc1F)CC2. The third-order valence-corrected chi connectivity index (χ3v) is 5.20. The van der Waals surface area contributed by atoms with Gasteiger partial charge in [0, 0.05) is 37.8 Å². The smallest absolute Gasteiger partial charge is 0.269 e. The largest absolute Gasteiger partial charge is 0.496 e. The molecule has 7 nitrogen and oxygen atoms in total. The summed E-state index contributed by atoms with van der Waals surface area (Å²) in [5.74, 6) is -2.96. The number of nitrogens with zero attached hydrogens (tertiary/aromatic N) is 3. The van der Waals surface area contributed by atoms with Gasteiger partial charge in [-0.15, -0.1) is 0 Å². The normalized spacial score (nSPS) is 14.8. The molecular weight excluding hydrogens is 418 g/mol. The number of amides is 2. The fraction of sp³-hybridized carbons (Fsp3) is 0.217. The van der Waals surface area contributed by atoms with Crippen molar-refractivity contribution in [2.24, 2.45) is 0 Å². The maximum Gasteiger partial charge on any atom is 0.269 e. The highest BCUT2D eigenvalue weighted by Crippen LogP contribution is 2.31. The number of anilines is 1. The van der Waals surface area contributed by atoms with Crippen molar-refractivity contribution in [3.05, 3.63) is 82.3 Å². The highest BCUT2D eigenvalue weighted by Gasteiger charge is 2.29. The van der Waals surface area contributed by atoms with Crippen LogP contribution in [-0.2, 0) is 12.8 Å². The third kappa shape index (κ3) is 4.01. The number of fused-ring (bicyclic) bond motifs is 1. The molecule has 0 unspecified atom stereocenters. The van der Waals surface area contributed by atoms with Gasteiger partial charge in [0.25, 0.3) is 11.8 Å². The first-order valence-electron chi connectivity index (χ1n) is 11.2. The van der Waals surface area contributed by atoms with Gasteiger partial charge in [-0.3, -0.25) is 19.5 Å². The lowest BCUT2D eigenvalue weighted by Crippen LogP contribution is -2.39. The number of benzene rings is 1. The molecule has 2 amide bonds. The fourth-order valence-corrected chi connectivity index (χ4v) is 3.60. The van der Waals surface area contributed by atoms with Crippen molar-refractivity contribution < 1.29 is 27.2 Å². The van der Waals surface area contributed by atoms with Crippen LogP contribution in [0, 0.1) is 11.6 Å². The molecule has 164 valence electrons.